The van der Waals surface area contributed by atoms with E-state index in [0.29, 0.717) is 24.2 Å². The fourth-order valence-corrected chi connectivity index (χ4v) is 1.73. The van der Waals surface area contributed by atoms with Gasteiger partial charge >= 0.3 is 0 Å². The molecule has 1 N–H and O–H groups in total. The molecule has 0 spiro atoms. The number of nitrogens with one attached hydrogen (secondary N) is 1. The van der Waals surface area contributed by atoms with Crippen molar-refractivity contribution < 1.29 is 9.26 Å². The average molecular weight is 225 g/mol. The molecule has 1 atom stereocenters. The molecule has 0 bridgehead atoms. The van der Waals surface area contributed by atoms with Crippen LogP contribution in [0.4, 0.5) is 0 Å². The average Bonchev–Trinajstić information content (AvgIpc) is 2.87. The van der Waals surface area contributed by atoms with Crippen LogP contribution in [0.3, 0.4) is 0 Å². The van der Waals surface area contributed by atoms with Crippen molar-refractivity contribution >= 4 is 0 Å². The predicted octanol–water partition coefficient (Wildman–Crippen LogP) is 1.32. The highest BCUT2D eigenvalue weighted by Crippen LogP contribution is 2.12. The maximum Gasteiger partial charge on any atom is 0.229 e. The van der Waals surface area contributed by atoms with Gasteiger partial charge in [-0.3, -0.25) is 0 Å². The Bertz CT molecular complexity index is 319. The zero-order valence-electron chi connectivity index (χ0n) is 9.90. The summed E-state index contributed by atoms with van der Waals surface area (Å²) in [6.07, 6.45) is 1.20. The van der Waals surface area contributed by atoms with Crippen molar-refractivity contribution in [1.29, 1.82) is 0 Å². The molecule has 1 fully saturated rings. The molecule has 0 amide bonds. The second-order valence-corrected chi connectivity index (χ2v) is 4.58. The monoisotopic (exact) mass is 225 g/mol. The number of aromatic nitrogens is 2. The molecule has 0 aliphatic carbocycles. The van der Waals surface area contributed by atoms with Crippen LogP contribution in [0.5, 0.6) is 0 Å². The van der Waals surface area contributed by atoms with E-state index in [1.165, 1.54) is 6.42 Å². The number of ether oxygens (including phenoxy) is 1. The Kier molecular flexibility index (Phi) is 3.90. The predicted molar refractivity (Wildman–Crippen MR) is 59.0 cm³/mol. The summed E-state index contributed by atoms with van der Waals surface area (Å²) in [6.45, 7) is 7.45. The molecule has 2 heterocycles. The number of nitrogens with zero attached hydrogens (tertiary/aromatic N) is 2. The van der Waals surface area contributed by atoms with Gasteiger partial charge in [0.15, 0.2) is 5.82 Å². The molecule has 0 radical (unpaired) electrons. The lowest BCUT2D eigenvalue weighted by Gasteiger charge is -2.06. The molecule has 16 heavy (non-hydrogen) atoms. The normalized spacial score (nSPS) is 20.8. The molecule has 0 aromatic carbocycles. The second-order valence-electron chi connectivity index (χ2n) is 4.58. The van der Waals surface area contributed by atoms with E-state index in [0.717, 1.165) is 19.7 Å². The molecule has 1 aromatic heterocycles. The zero-order valence-corrected chi connectivity index (χ0v) is 9.90. The van der Waals surface area contributed by atoms with Gasteiger partial charge in [-0.1, -0.05) is 19.0 Å². The van der Waals surface area contributed by atoms with Crippen LogP contribution >= 0.6 is 0 Å². The van der Waals surface area contributed by atoms with Gasteiger partial charge in [-0.05, 0) is 18.9 Å². The zero-order chi connectivity index (χ0) is 11.4. The van der Waals surface area contributed by atoms with E-state index in [2.05, 4.69) is 15.5 Å². The van der Waals surface area contributed by atoms with Crippen LogP contribution < -0.4 is 5.32 Å². The Morgan fingerprint density at radius 1 is 1.56 bits per heavy atom. The van der Waals surface area contributed by atoms with Gasteiger partial charge in [-0.2, -0.15) is 4.98 Å². The first-order valence-electron chi connectivity index (χ1n) is 5.86. The quantitative estimate of drug-likeness (QED) is 0.819. The van der Waals surface area contributed by atoms with E-state index in [1.54, 1.807) is 0 Å². The Morgan fingerprint density at radius 2 is 2.44 bits per heavy atom. The molecule has 1 aliphatic heterocycles. The lowest BCUT2D eigenvalue weighted by Crippen LogP contribution is -2.14. The molecule has 5 nitrogen and oxygen atoms in total. The first kappa shape index (κ1) is 11.5. The summed E-state index contributed by atoms with van der Waals surface area (Å²) in [5, 5.41) is 7.19. The van der Waals surface area contributed by atoms with Crippen LogP contribution in [0.1, 0.15) is 37.9 Å². The molecule has 1 aromatic rings. The van der Waals surface area contributed by atoms with Gasteiger partial charge in [-0.25, -0.2) is 0 Å². The van der Waals surface area contributed by atoms with Crippen LogP contribution in [-0.2, 0) is 11.3 Å². The molecule has 2 rings (SSSR count). The molecule has 90 valence electrons. The topological polar surface area (TPSA) is 60.2 Å². The molecule has 0 saturated carbocycles. The molecular formula is C11H19N3O2. The van der Waals surface area contributed by atoms with Gasteiger partial charge in [0, 0.05) is 12.5 Å². The van der Waals surface area contributed by atoms with Gasteiger partial charge in [0.1, 0.15) is 6.61 Å². The lowest BCUT2D eigenvalue weighted by molar-refractivity contribution is 0.0864. The highest BCUT2D eigenvalue weighted by atomic mass is 16.5. The van der Waals surface area contributed by atoms with Crippen LogP contribution in [0.2, 0.25) is 0 Å². The molecule has 1 saturated heterocycles. The van der Waals surface area contributed by atoms with Gasteiger partial charge in [-0.15, -0.1) is 0 Å². The minimum atomic E-state index is 0.278. The van der Waals surface area contributed by atoms with Crippen molar-refractivity contribution in [3.63, 3.8) is 0 Å². The van der Waals surface area contributed by atoms with E-state index >= 15 is 0 Å². The summed E-state index contributed by atoms with van der Waals surface area (Å²) >= 11 is 0. The third-order valence-corrected chi connectivity index (χ3v) is 2.72. The van der Waals surface area contributed by atoms with E-state index in [4.69, 9.17) is 9.26 Å². The number of hydrogen-bond donors (Lipinski definition) is 1. The van der Waals surface area contributed by atoms with Crippen LogP contribution in [-0.4, -0.2) is 29.8 Å². The fraction of sp³-hybridized carbons (Fsp3) is 0.818. The smallest absolute Gasteiger partial charge is 0.229 e. The van der Waals surface area contributed by atoms with Crippen LogP contribution in [0.25, 0.3) is 0 Å². The first-order chi connectivity index (χ1) is 7.75. The fourth-order valence-electron chi connectivity index (χ4n) is 1.73. The standard InChI is InChI=1S/C11H19N3O2/c1-8(2)11-13-10(14-16-11)7-15-6-9-3-4-12-5-9/h8-9,12H,3-7H2,1-2H3. The van der Waals surface area contributed by atoms with Crippen molar-refractivity contribution in [3.05, 3.63) is 11.7 Å². The Balaban J connectivity index is 1.72. The largest absolute Gasteiger partial charge is 0.373 e. The third kappa shape index (κ3) is 3.02. The summed E-state index contributed by atoms with van der Waals surface area (Å²) in [7, 11) is 0. The molecule has 5 heteroatoms. The summed E-state index contributed by atoms with van der Waals surface area (Å²) < 4.78 is 10.7. The van der Waals surface area contributed by atoms with E-state index in [-0.39, 0.29) is 5.92 Å². The maximum absolute atomic E-state index is 5.57. The SMILES string of the molecule is CC(C)c1nc(COCC2CCNC2)no1. The highest BCUT2D eigenvalue weighted by molar-refractivity contribution is 4.89. The number of rotatable bonds is 5. The molecule has 1 aliphatic rings. The Hall–Kier alpha value is -0.940. The minimum Gasteiger partial charge on any atom is -0.373 e. The van der Waals surface area contributed by atoms with Crippen LogP contribution in [0.15, 0.2) is 4.52 Å². The van der Waals surface area contributed by atoms with Crippen molar-refractivity contribution in [1.82, 2.24) is 15.5 Å². The summed E-state index contributed by atoms with van der Waals surface area (Å²) in [5.41, 5.74) is 0. The summed E-state index contributed by atoms with van der Waals surface area (Å²) in [5.74, 6) is 2.24. The van der Waals surface area contributed by atoms with E-state index < -0.39 is 0 Å². The maximum atomic E-state index is 5.57. The van der Waals surface area contributed by atoms with Crippen molar-refractivity contribution in [2.75, 3.05) is 19.7 Å². The van der Waals surface area contributed by atoms with Gasteiger partial charge < -0.3 is 14.6 Å². The third-order valence-electron chi connectivity index (χ3n) is 2.72. The van der Waals surface area contributed by atoms with Gasteiger partial charge in [0.2, 0.25) is 5.89 Å². The summed E-state index contributed by atoms with van der Waals surface area (Å²) in [6, 6.07) is 0. The van der Waals surface area contributed by atoms with E-state index in [9.17, 15) is 0 Å². The second kappa shape index (κ2) is 5.41. The first-order valence-corrected chi connectivity index (χ1v) is 5.86. The van der Waals surface area contributed by atoms with Gasteiger partial charge in [0.05, 0.1) is 6.61 Å². The number of hydrogen-bond acceptors (Lipinski definition) is 5. The highest BCUT2D eigenvalue weighted by Gasteiger charge is 2.15. The van der Waals surface area contributed by atoms with Crippen LogP contribution in [0, 0.1) is 5.92 Å². The molecular weight excluding hydrogens is 206 g/mol. The molecule has 1 unspecified atom stereocenters. The lowest BCUT2D eigenvalue weighted by atomic mass is 10.1. The summed E-state index contributed by atoms with van der Waals surface area (Å²) in [4.78, 5) is 4.26. The van der Waals surface area contributed by atoms with Crippen molar-refractivity contribution in [3.8, 4) is 0 Å². The van der Waals surface area contributed by atoms with Crippen molar-refractivity contribution in [2.24, 2.45) is 5.92 Å². The minimum absolute atomic E-state index is 0.278. The Labute approximate surface area is 95.6 Å². The Morgan fingerprint density at radius 3 is 3.06 bits per heavy atom. The van der Waals surface area contributed by atoms with Crippen molar-refractivity contribution in [2.45, 2.75) is 32.8 Å². The van der Waals surface area contributed by atoms with Gasteiger partial charge in [0.25, 0.3) is 0 Å². The van der Waals surface area contributed by atoms with E-state index in [1.807, 2.05) is 13.8 Å².